The number of nitrogens with zero attached hydrogens (tertiary/aromatic N) is 2. The van der Waals surface area contributed by atoms with Gasteiger partial charge in [0.2, 0.25) is 0 Å². The maximum Gasteiger partial charge on any atom is 0.288 e. The Balaban J connectivity index is 2.31. The van der Waals surface area contributed by atoms with Gasteiger partial charge in [0, 0.05) is 11.8 Å². The molecule has 1 N–H and O–H groups in total. The Morgan fingerprint density at radius 3 is 2.67 bits per heavy atom. The molecular formula is C17H12ClN3O3. The van der Waals surface area contributed by atoms with Crippen LogP contribution in [0.15, 0.2) is 48.0 Å². The Bertz CT molecular complexity index is 885. The Labute approximate surface area is 143 Å². The first-order chi connectivity index (χ1) is 11.4. The Kier molecular flexibility index (Phi) is 5.30. The third kappa shape index (κ3) is 3.97. The number of nitrogens with one attached hydrogen (secondary N) is 1. The Hall–Kier alpha value is -3.17. The van der Waals surface area contributed by atoms with Crippen molar-refractivity contribution in [1.82, 2.24) is 0 Å². The van der Waals surface area contributed by atoms with Crippen molar-refractivity contribution in [2.75, 3.05) is 5.32 Å². The summed E-state index contributed by atoms with van der Waals surface area (Å²) in [5, 5.41) is 22.7. The number of nitro groups is 1. The molecule has 0 fully saturated rings. The second kappa shape index (κ2) is 7.40. The highest BCUT2D eigenvalue weighted by atomic mass is 35.5. The van der Waals surface area contributed by atoms with E-state index in [4.69, 9.17) is 11.6 Å². The molecule has 0 heterocycles. The number of carbonyl (C=O) groups excluding carboxylic acids is 1. The van der Waals surface area contributed by atoms with Crippen LogP contribution in [0.4, 0.5) is 11.4 Å². The van der Waals surface area contributed by atoms with Gasteiger partial charge in [-0.1, -0.05) is 35.9 Å². The van der Waals surface area contributed by atoms with E-state index in [2.05, 4.69) is 5.32 Å². The lowest BCUT2D eigenvalue weighted by Gasteiger charge is -2.07. The van der Waals surface area contributed by atoms with Crippen LogP contribution in [0, 0.1) is 28.4 Å². The third-order valence-corrected chi connectivity index (χ3v) is 3.56. The van der Waals surface area contributed by atoms with Crippen LogP contribution in [0.5, 0.6) is 0 Å². The van der Waals surface area contributed by atoms with Crippen molar-refractivity contribution in [3.63, 3.8) is 0 Å². The molecule has 0 saturated heterocycles. The van der Waals surface area contributed by atoms with E-state index in [0.717, 1.165) is 5.56 Å². The summed E-state index contributed by atoms with van der Waals surface area (Å²) < 4.78 is 0. The molecule has 0 bridgehead atoms. The number of hydrogen-bond donors (Lipinski definition) is 1. The van der Waals surface area contributed by atoms with Crippen molar-refractivity contribution >= 4 is 35.0 Å². The van der Waals surface area contributed by atoms with Crippen molar-refractivity contribution in [2.45, 2.75) is 6.92 Å². The summed E-state index contributed by atoms with van der Waals surface area (Å²) in [6, 6.07) is 13.0. The quantitative estimate of drug-likeness (QED) is 0.392. The SMILES string of the molecule is Cc1ccccc1NC(=O)/C(C#N)=C/c1ccc(Cl)c([N+](=O)[O-])c1. The molecule has 0 radical (unpaired) electrons. The summed E-state index contributed by atoms with van der Waals surface area (Å²) in [6.07, 6.45) is 1.27. The number of halogens is 1. The van der Waals surface area contributed by atoms with E-state index < -0.39 is 10.8 Å². The van der Waals surface area contributed by atoms with E-state index in [1.807, 2.05) is 19.1 Å². The molecular weight excluding hydrogens is 330 g/mol. The molecule has 0 unspecified atom stereocenters. The highest BCUT2D eigenvalue weighted by Crippen LogP contribution is 2.26. The smallest absolute Gasteiger partial charge is 0.288 e. The number of benzene rings is 2. The van der Waals surface area contributed by atoms with E-state index in [0.29, 0.717) is 11.3 Å². The molecule has 120 valence electrons. The van der Waals surface area contributed by atoms with Crippen LogP contribution >= 0.6 is 11.6 Å². The van der Waals surface area contributed by atoms with Gasteiger partial charge in [0.05, 0.1) is 4.92 Å². The van der Waals surface area contributed by atoms with Crippen LogP contribution in [0.2, 0.25) is 5.02 Å². The van der Waals surface area contributed by atoms with E-state index in [-0.39, 0.29) is 16.3 Å². The molecule has 0 spiro atoms. The third-order valence-electron chi connectivity index (χ3n) is 3.24. The second-order valence-corrected chi connectivity index (χ2v) is 5.31. The van der Waals surface area contributed by atoms with Gasteiger partial charge in [0.25, 0.3) is 11.6 Å². The van der Waals surface area contributed by atoms with Gasteiger partial charge >= 0.3 is 0 Å². The molecule has 0 atom stereocenters. The van der Waals surface area contributed by atoms with E-state index >= 15 is 0 Å². The van der Waals surface area contributed by atoms with Crippen LogP contribution < -0.4 is 5.32 Å². The van der Waals surface area contributed by atoms with Gasteiger partial charge in [-0.25, -0.2) is 0 Å². The average molecular weight is 342 g/mol. The number of amides is 1. The molecule has 7 heteroatoms. The van der Waals surface area contributed by atoms with Crippen molar-refractivity contribution in [3.05, 3.63) is 74.3 Å². The van der Waals surface area contributed by atoms with Crippen LogP contribution in [-0.2, 0) is 4.79 Å². The van der Waals surface area contributed by atoms with Crippen LogP contribution in [0.25, 0.3) is 6.08 Å². The molecule has 24 heavy (non-hydrogen) atoms. The molecule has 0 aliphatic rings. The Morgan fingerprint density at radius 2 is 2.04 bits per heavy atom. The van der Waals surface area contributed by atoms with E-state index in [9.17, 15) is 20.2 Å². The van der Waals surface area contributed by atoms with Crippen LogP contribution in [0.1, 0.15) is 11.1 Å². The standard InChI is InChI=1S/C17H12ClN3O3/c1-11-4-2-3-5-15(11)20-17(22)13(10-19)8-12-6-7-14(18)16(9-12)21(23)24/h2-9H,1H3,(H,20,22)/b13-8+. The van der Waals surface area contributed by atoms with Crippen LogP contribution in [0.3, 0.4) is 0 Å². The highest BCUT2D eigenvalue weighted by molar-refractivity contribution is 6.32. The summed E-state index contributed by atoms with van der Waals surface area (Å²) in [4.78, 5) is 22.5. The van der Waals surface area contributed by atoms with Gasteiger partial charge in [-0.2, -0.15) is 5.26 Å². The Morgan fingerprint density at radius 1 is 1.33 bits per heavy atom. The second-order valence-electron chi connectivity index (χ2n) is 4.91. The maximum absolute atomic E-state index is 12.2. The summed E-state index contributed by atoms with van der Waals surface area (Å²) in [5.74, 6) is -0.593. The first kappa shape index (κ1) is 17.2. The summed E-state index contributed by atoms with van der Waals surface area (Å²) in [5.41, 5.74) is 1.32. The lowest BCUT2D eigenvalue weighted by molar-refractivity contribution is -0.384. The molecule has 0 aliphatic heterocycles. The molecule has 6 nitrogen and oxygen atoms in total. The minimum atomic E-state index is -0.626. The van der Waals surface area contributed by atoms with Crippen molar-refractivity contribution in [2.24, 2.45) is 0 Å². The molecule has 1 amide bonds. The summed E-state index contributed by atoms with van der Waals surface area (Å²) in [7, 11) is 0. The normalized spacial score (nSPS) is 10.8. The summed E-state index contributed by atoms with van der Waals surface area (Å²) in [6.45, 7) is 1.83. The van der Waals surface area contributed by atoms with Crippen molar-refractivity contribution < 1.29 is 9.72 Å². The van der Waals surface area contributed by atoms with Gasteiger partial charge < -0.3 is 5.32 Å². The largest absolute Gasteiger partial charge is 0.321 e. The number of aryl methyl sites for hydroxylation is 1. The molecule has 2 aromatic carbocycles. The van der Waals surface area contributed by atoms with Gasteiger partial charge in [0.15, 0.2) is 0 Å². The lowest BCUT2D eigenvalue weighted by Crippen LogP contribution is -2.14. The van der Waals surface area contributed by atoms with Gasteiger partial charge in [-0.3, -0.25) is 14.9 Å². The first-order valence-electron chi connectivity index (χ1n) is 6.85. The number of anilines is 1. The number of hydrogen-bond acceptors (Lipinski definition) is 4. The fraction of sp³-hybridized carbons (Fsp3) is 0.0588. The minimum absolute atomic E-state index is 0.0139. The predicted molar refractivity (Wildman–Crippen MR) is 91.5 cm³/mol. The van der Waals surface area contributed by atoms with Gasteiger partial charge in [-0.05, 0) is 36.3 Å². The fourth-order valence-electron chi connectivity index (χ4n) is 1.98. The number of carbonyl (C=O) groups is 1. The molecule has 0 aromatic heterocycles. The number of para-hydroxylation sites is 1. The van der Waals surface area contributed by atoms with Crippen molar-refractivity contribution in [1.29, 1.82) is 5.26 Å². The fourth-order valence-corrected chi connectivity index (χ4v) is 2.16. The number of nitriles is 1. The van der Waals surface area contributed by atoms with Gasteiger partial charge in [-0.15, -0.1) is 0 Å². The average Bonchev–Trinajstić information content (AvgIpc) is 2.55. The molecule has 0 saturated carbocycles. The highest BCUT2D eigenvalue weighted by Gasteiger charge is 2.14. The zero-order valence-corrected chi connectivity index (χ0v) is 13.4. The number of rotatable bonds is 4. The summed E-state index contributed by atoms with van der Waals surface area (Å²) >= 11 is 5.74. The maximum atomic E-state index is 12.2. The number of nitro benzene ring substituents is 1. The predicted octanol–water partition coefficient (Wildman–Crippen LogP) is 4.10. The minimum Gasteiger partial charge on any atom is -0.321 e. The van der Waals surface area contributed by atoms with Crippen LogP contribution in [-0.4, -0.2) is 10.8 Å². The van der Waals surface area contributed by atoms with E-state index in [1.165, 1.54) is 24.3 Å². The van der Waals surface area contributed by atoms with Crippen molar-refractivity contribution in [3.8, 4) is 6.07 Å². The zero-order valence-electron chi connectivity index (χ0n) is 12.6. The van der Waals surface area contributed by atoms with Gasteiger partial charge in [0.1, 0.15) is 16.7 Å². The molecule has 2 aromatic rings. The zero-order chi connectivity index (χ0) is 17.7. The molecule has 0 aliphatic carbocycles. The molecule has 2 rings (SSSR count). The van der Waals surface area contributed by atoms with E-state index in [1.54, 1.807) is 18.2 Å². The lowest BCUT2D eigenvalue weighted by atomic mass is 10.1. The first-order valence-corrected chi connectivity index (χ1v) is 7.23. The topological polar surface area (TPSA) is 96.0 Å². The monoisotopic (exact) mass is 341 g/mol.